The first-order valence-corrected chi connectivity index (χ1v) is 13.0. The maximum absolute atomic E-state index is 13.7. The minimum absolute atomic E-state index is 0.0589. The first kappa shape index (κ1) is 28.2. The summed E-state index contributed by atoms with van der Waals surface area (Å²) in [6, 6.07) is 10.6. The molecule has 2 aromatic carbocycles. The number of hydrogen-bond donors (Lipinski definition) is 1. The van der Waals surface area contributed by atoms with E-state index in [1.165, 1.54) is 12.1 Å². The van der Waals surface area contributed by atoms with Crippen molar-refractivity contribution in [2.45, 2.75) is 83.8 Å². The van der Waals surface area contributed by atoms with E-state index in [9.17, 15) is 14.3 Å². The number of halogens is 2. The SMILES string of the molecule is C=C(C)[C@H]1C[C@H](c2ccc(F)cc2)[C@H](CCCC)O[C@@H]1c1cc(C(C)(C)C)cc(Cl)c1OCC(=O)O. The largest absolute Gasteiger partial charge is 0.480 e. The Labute approximate surface area is 219 Å². The van der Waals surface area contributed by atoms with Gasteiger partial charge in [-0.05, 0) is 60.6 Å². The van der Waals surface area contributed by atoms with Gasteiger partial charge in [-0.25, -0.2) is 9.18 Å². The Balaban J connectivity index is 2.12. The van der Waals surface area contributed by atoms with Crippen molar-refractivity contribution < 1.29 is 23.8 Å². The summed E-state index contributed by atoms with van der Waals surface area (Å²) < 4.78 is 26.3. The van der Waals surface area contributed by atoms with E-state index in [0.717, 1.165) is 47.9 Å². The quantitative estimate of drug-likeness (QED) is 0.341. The second-order valence-electron chi connectivity index (χ2n) is 10.9. The summed E-state index contributed by atoms with van der Waals surface area (Å²) in [5.74, 6) is -0.965. The molecule has 0 spiro atoms. The van der Waals surface area contributed by atoms with Gasteiger partial charge in [-0.3, -0.25) is 0 Å². The van der Waals surface area contributed by atoms with Crippen LogP contribution in [0.2, 0.25) is 5.02 Å². The second kappa shape index (κ2) is 11.8. The van der Waals surface area contributed by atoms with E-state index >= 15 is 0 Å². The Morgan fingerprint density at radius 2 is 1.92 bits per heavy atom. The lowest BCUT2D eigenvalue weighted by molar-refractivity contribution is -0.139. The summed E-state index contributed by atoms with van der Waals surface area (Å²) in [4.78, 5) is 11.3. The van der Waals surface area contributed by atoms with Crippen LogP contribution in [0.3, 0.4) is 0 Å². The maximum Gasteiger partial charge on any atom is 0.341 e. The molecule has 0 bridgehead atoms. The number of benzene rings is 2. The molecule has 0 aliphatic carbocycles. The molecule has 4 atom stereocenters. The summed E-state index contributed by atoms with van der Waals surface area (Å²) in [6.45, 7) is 14.2. The molecule has 0 unspecified atom stereocenters. The highest BCUT2D eigenvalue weighted by Gasteiger charge is 2.41. The predicted octanol–water partition coefficient (Wildman–Crippen LogP) is 8.24. The molecule has 0 saturated carbocycles. The van der Waals surface area contributed by atoms with E-state index in [1.807, 2.05) is 31.2 Å². The van der Waals surface area contributed by atoms with Gasteiger partial charge in [0.05, 0.1) is 17.2 Å². The summed E-state index contributed by atoms with van der Waals surface area (Å²) in [7, 11) is 0. The number of carbonyl (C=O) groups is 1. The zero-order valence-electron chi connectivity index (χ0n) is 21.9. The number of carboxylic acid groups (broad SMARTS) is 1. The summed E-state index contributed by atoms with van der Waals surface area (Å²) in [5, 5.41) is 9.64. The first-order valence-electron chi connectivity index (χ1n) is 12.7. The van der Waals surface area contributed by atoms with Crippen molar-refractivity contribution >= 4 is 17.6 Å². The van der Waals surface area contributed by atoms with Crippen LogP contribution in [0.4, 0.5) is 4.39 Å². The molecule has 0 amide bonds. The molecule has 1 aliphatic heterocycles. The highest BCUT2D eigenvalue weighted by atomic mass is 35.5. The van der Waals surface area contributed by atoms with Gasteiger partial charge in [0, 0.05) is 17.4 Å². The van der Waals surface area contributed by atoms with E-state index in [0.29, 0.717) is 10.8 Å². The lowest BCUT2D eigenvalue weighted by Crippen LogP contribution is -2.36. The Kier molecular flexibility index (Phi) is 9.23. The Hall–Kier alpha value is -2.37. The molecule has 2 aromatic rings. The molecule has 0 radical (unpaired) electrons. The van der Waals surface area contributed by atoms with Crippen molar-refractivity contribution in [2.75, 3.05) is 6.61 Å². The minimum Gasteiger partial charge on any atom is -0.480 e. The average Bonchev–Trinajstić information content (AvgIpc) is 2.80. The highest BCUT2D eigenvalue weighted by Crippen LogP contribution is 2.51. The Bertz CT molecular complexity index is 1070. The average molecular weight is 517 g/mol. The number of carboxylic acids is 1. The van der Waals surface area contributed by atoms with Crippen molar-refractivity contribution in [3.05, 3.63) is 76.1 Å². The molecule has 1 fully saturated rings. The fraction of sp³-hybridized carbons (Fsp3) is 0.500. The molecule has 0 aromatic heterocycles. The number of rotatable bonds is 9. The third-order valence-electron chi connectivity index (χ3n) is 7.00. The van der Waals surface area contributed by atoms with Crippen LogP contribution < -0.4 is 4.74 Å². The van der Waals surface area contributed by atoms with Gasteiger partial charge in [0.2, 0.25) is 0 Å². The first-order chi connectivity index (χ1) is 16.9. The molecule has 4 nitrogen and oxygen atoms in total. The summed E-state index contributed by atoms with van der Waals surface area (Å²) in [6.07, 6.45) is 3.16. The molecule has 1 heterocycles. The van der Waals surface area contributed by atoms with Crippen LogP contribution in [0.15, 0.2) is 48.6 Å². The minimum atomic E-state index is -1.07. The topological polar surface area (TPSA) is 55.8 Å². The fourth-order valence-corrected chi connectivity index (χ4v) is 5.24. The van der Waals surface area contributed by atoms with Crippen molar-refractivity contribution in [1.82, 2.24) is 0 Å². The van der Waals surface area contributed by atoms with Gasteiger partial charge in [0.1, 0.15) is 11.6 Å². The van der Waals surface area contributed by atoms with Crippen molar-refractivity contribution in [3.63, 3.8) is 0 Å². The smallest absolute Gasteiger partial charge is 0.341 e. The van der Waals surface area contributed by atoms with Crippen LogP contribution in [0.1, 0.15) is 89.0 Å². The normalized spacial score (nSPS) is 22.3. The van der Waals surface area contributed by atoms with Crippen LogP contribution in [-0.2, 0) is 14.9 Å². The summed E-state index contributed by atoms with van der Waals surface area (Å²) in [5.41, 5.74) is 3.59. The van der Waals surface area contributed by atoms with Gasteiger partial charge in [0.15, 0.2) is 6.61 Å². The fourth-order valence-electron chi connectivity index (χ4n) is 4.96. The molecule has 3 rings (SSSR count). The van der Waals surface area contributed by atoms with Crippen molar-refractivity contribution in [1.29, 1.82) is 0 Å². The van der Waals surface area contributed by atoms with Gasteiger partial charge < -0.3 is 14.6 Å². The Morgan fingerprint density at radius 3 is 2.47 bits per heavy atom. The maximum atomic E-state index is 13.7. The molecule has 196 valence electrons. The van der Waals surface area contributed by atoms with Gasteiger partial charge in [-0.15, -0.1) is 0 Å². The summed E-state index contributed by atoms with van der Waals surface area (Å²) >= 11 is 6.70. The van der Waals surface area contributed by atoms with Crippen LogP contribution in [0.5, 0.6) is 5.75 Å². The lowest BCUT2D eigenvalue weighted by Gasteiger charge is -2.43. The van der Waals surface area contributed by atoms with Gasteiger partial charge in [-0.2, -0.15) is 0 Å². The van der Waals surface area contributed by atoms with E-state index in [-0.39, 0.29) is 29.2 Å². The van der Waals surface area contributed by atoms with E-state index in [1.54, 1.807) is 0 Å². The van der Waals surface area contributed by atoms with Crippen LogP contribution in [0, 0.1) is 11.7 Å². The van der Waals surface area contributed by atoms with Crippen molar-refractivity contribution in [3.8, 4) is 5.75 Å². The third-order valence-corrected chi connectivity index (χ3v) is 7.28. The number of hydrogen-bond acceptors (Lipinski definition) is 3. The monoisotopic (exact) mass is 516 g/mol. The predicted molar refractivity (Wildman–Crippen MR) is 142 cm³/mol. The highest BCUT2D eigenvalue weighted by molar-refractivity contribution is 6.32. The van der Waals surface area contributed by atoms with Gasteiger partial charge in [-0.1, -0.05) is 76.4 Å². The van der Waals surface area contributed by atoms with Gasteiger partial charge >= 0.3 is 5.97 Å². The zero-order chi connectivity index (χ0) is 26.6. The third kappa shape index (κ3) is 6.68. The molecule has 6 heteroatoms. The van der Waals surface area contributed by atoms with Crippen LogP contribution in [0.25, 0.3) is 0 Å². The van der Waals surface area contributed by atoms with Crippen molar-refractivity contribution in [2.24, 2.45) is 5.92 Å². The molecule has 36 heavy (non-hydrogen) atoms. The standard InChI is InChI=1S/C30H38ClFO4/c1-7-8-9-26-23(19-10-12-21(32)13-11-19)16-22(18(2)3)28(36-26)24-14-20(30(4,5)6)15-25(31)29(24)35-17-27(33)34/h10-15,22-23,26,28H,2,7-9,16-17H2,1,3-6H3,(H,33,34)/t22-,23-,26+,28+/m1/s1. The lowest BCUT2D eigenvalue weighted by atomic mass is 9.74. The molecule has 1 N–H and O–H groups in total. The number of aliphatic carboxylic acids is 1. The van der Waals surface area contributed by atoms with E-state index in [4.69, 9.17) is 21.1 Å². The second-order valence-corrected chi connectivity index (χ2v) is 11.3. The van der Waals surface area contributed by atoms with Crippen LogP contribution in [-0.4, -0.2) is 23.8 Å². The molecular weight excluding hydrogens is 479 g/mol. The molecule has 1 saturated heterocycles. The van der Waals surface area contributed by atoms with Gasteiger partial charge in [0.25, 0.3) is 0 Å². The van der Waals surface area contributed by atoms with Crippen LogP contribution >= 0.6 is 11.6 Å². The molecular formula is C30H38ClFO4. The van der Waals surface area contributed by atoms with E-state index in [2.05, 4.69) is 34.3 Å². The van der Waals surface area contributed by atoms with E-state index < -0.39 is 18.7 Å². The zero-order valence-corrected chi connectivity index (χ0v) is 22.7. The number of unbranched alkanes of at least 4 members (excludes halogenated alkanes) is 1. The molecule has 1 aliphatic rings. The number of ether oxygens (including phenoxy) is 2. The Morgan fingerprint density at radius 1 is 1.25 bits per heavy atom.